The number of piperidine rings is 1. The number of likely N-dealkylation sites (tertiary alicyclic amines) is 1. The van der Waals surface area contributed by atoms with Gasteiger partial charge in [0.2, 0.25) is 5.91 Å². The molecule has 0 unspecified atom stereocenters. The van der Waals surface area contributed by atoms with Crippen molar-refractivity contribution >= 4 is 5.91 Å². The maximum absolute atomic E-state index is 11.9. The van der Waals surface area contributed by atoms with E-state index in [1.807, 2.05) is 18.2 Å². The Morgan fingerprint density at radius 1 is 1.35 bits per heavy atom. The number of rotatable bonds is 5. The van der Waals surface area contributed by atoms with Crippen molar-refractivity contribution in [3.63, 3.8) is 0 Å². The number of carbonyl (C=O) groups is 1. The lowest BCUT2D eigenvalue weighted by Gasteiger charge is -2.30. The second-order valence-electron chi connectivity index (χ2n) is 5.61. The van der Waals surface area contributed by atoms with Gasteiger partial charge in [-0.3, -0.25) is 9.69 Å². The molecule has 20 heavy (non-hydrogen) atoms. The third kappa shape index (κ3) is 4.32. The van der Waals surface area contributed by atoms with Gasteiger partial charge in [0.25, 0.3) is 0 Å². The average molecular weight is 276 g/mol. The van der Waals surface area contributed by atoms with Crippen LogP contribution < -0.4 is 5.32 Å². The first-order valence-electron chi connectivity index (χ1n) is 7.33. The summed E-state index contributed by atoms with van der Waals surface area (Å²) in [5.74, 6) is 0.497. The van der Waals surface area contributed by atoms with Crippen LogP contribution in [0.1, 0.15) is 24.0 Å². The summed E-state index contributed by atoms with van der Waals surface area (Å²) in [5.41, 5.74) is 2.37. The molecule has 1 heterocycles. The molecule has 0 aliphatic carbocycles. The van der Waals surface area contributed by atoms with Gasteiger partial charge in [-0.25, -0.2) is 0 Å². The molecule has 1 amide bonds. The molecule has 2 rings (SSSR count). The summed E-state index contributed by atoms with van der Waals surface area (Å²) in [6.45, 7) is 5.20. The van der Waals surface area contributed by atoms with Crippen LogP contribution in [0.2, 0.25) is 0 Å². The third-order valence-corrected chi connectivity index (χ3v) is 4.07. The van der Waals surface area contributed by atoms with Crippen LogP contribution in [0.25, 0.3) is 0 Å². The molecule has 110 valence electrons. The highest BCUT2D eigenvalue weighted by Crippen LogP contribution is 2.15. The van der Waals surface area contributed by atoms with E-state index in [0.29, 0.717) is 19.0 Å². The molecule has 0 atom stereocenters. The molecule has 4 nitrogen and oxygen atoms in total. The molecule has 0 spiro atoms. The van der Waals surface area contributed by atoms with Crippen LogP contribution in [0.3, 0.4) is 0 Å². The molecule has 0 radical (unpaired) electrons. The van der Waals surface area contributed by atoms with Crippen molar-refractivity contribution < 1.29 is 9.90 Å². The van der Waals surface area contributed by atoms with Gasteiger partial charge in [0.1, 0.15) is 0 Å². The molecule has 0 bridgehead atoms. The molecule has 1 aliphatic heterocycles. The minimum Gasteiger partial charge on any atom is -0.396 e. The van der Waals surface area contributed by atoms with E-state index in [1.54, 1.807) is 0 Å². The van der Waals surface area contributed by atoms with Gasteiger partial charge in [0, 0.05) is 13.2 Å². The van der Waals surface area contributed by atoms with E-state index in [0.717, 1.165) is 25.9 Å². The standard InChI is InChI=1S/C16H24N2O2/c1-13-4-2-3-5-15(13)10-17-16(20)11-18-8-6-14(12-19)7-9-18/h2-5,14,19H,6-12H2,1H3,(H,17,20). The Morgan fingerprint density at radius 2 is 2.05 bits per heavy atom. The van der Waals surface area contributed by atoms with Crippen molar-refractivity contribution in [2.45, 2.75) is 26.3 Å². The van der Waals surface area contributed by atoms with Crippen molar-refractivity contribution in [1.29, 1.82) is 0 Å². The zero-order chi connectivity index (χ0) is 14.4. The summed E-state index contributed by atoms with van der Waals surface area (Å²) in [6, 6.07) is 8.10. The second-order valence-corrected chi connectivity index (χ2v) is 5.61. The quantitative estimate of drug-likeness (QED) is 0.853. The number of aliphatic hydroxyl groups is 1. The van der Waals surface area contributed by atoms with Crippen LogP contribution in [0.15, 0.2) is 24.3 Å². The monoisotopic (exact) mass is 276 g/mol. The van der Waals surface area contributed by atoms with Crippen LogP contribution >= 0.6 is 0 Å². The molecule has 1 aliphatic rings. The molecule has 0 aromatic heterocycles. The third-order valence-electron chi connectivity index (χ3n) is 4.07. The minimum atomic E-state index is 0.0794. The van der Waals surface area contributed by atoms with Gasteiger partial charge < -0.3 is 10.4 Å². The topological polar surface area (TPSA) is 52.6 Å². The van der Waals surface area contributed by atoms with Gasteiger partial charge in [-0.15, -0.1) is 0 Å². The summed E-state index contributed by atoms with van der Waals surface area (Å²) in [4.78, 5) is 14.1. The lowest BCUT2D eigenvalue weighted by Crippen LogP contribution is -2.41. The lowest BCUT2D eigenvalue weighted by molar-refractivity contribution is -0.122. The van der Waals surface area contributed by atoms with Gasteiger partial charge in [-0.1, -0.05) is 24.3 Å². The van der Waals surface area contributed by atoms with Crippen LogP contribution in [0.5, 0.6) is 0 Å². The Bertz CT molecular complexity index is 440. The summed E-state index contributed by atoms with van der Waals surface area (Å²) < 4.78 is 0. The van der Waals surface area contributed by atoms with Gasteiger partial charge in [0.05, 0.1) is 6.54 Å². The predicted molar refractivity (Wildman–Crippen MR) is 79.3 cm³/mol. The Morgan fingerprint density at radius 3 is 2.70 bits per heavy atom. The maximum Gasteiger partial charge on any atom is 0.234 e. The van der Waals surface area contributed by atoms with Crippen LogP contribution in [-0.4, -0.2) is 42.2 Å². The van der Waals surface area contributed by atoms with Crippen molar-refractivity contribution in [2.75, 3.05) is 26.2 Å². The second kappa shape index (κ2) is 7.41. The van der Waals surface area contributed by atoms with Gasteiger partial charge in [-0.05, 0) is 49.9 Å². The van der Waals surface area contributed by atoms with E-state index in [1.165, 1.54) is 11.1 Å². The van der Waals surface area contributed by atoms with E-state index in [2.05, 4.69) is 23.2 Å². The van der Waals surface area contributed by atoms with Gasteiger partial charge in [-0.2, -0.15) is 0 Å². The highest BCUT2D eigenvalue weighted by molar-refractivity contribution is 5.78. The number of hydrogen-bond donors (Lipinski definition) is 2. The van der Waals surface area contributed by atoms with E-state index >= 15 is 0 Å². The first-order chi connectivity index (χ1) is 9.69. The number of nitrogens with one attached hydrogen (secondary N) is 1. The molecule has 4 heteroatoms. The number of benzene rings is 1. The number of amides is 1. The van der Waals surface area contributed by atoms with Gasteiger partial charge >= 0.3 is 0 Å². The Kier molecular flexibility index (Phi) is 5.56. The molecule has 0 saturated carbocycles. The van der Waals surface area contributed by atoms with E-state index < -0.39 is 0 Å². The minimum absolute atomic E-state index is 0.0794. The summed E-state index contributed by atoms with van der Waals surface area (Å²) in [6.07, 6.45) is 1.98. The molecule has 1 fully saturated rings. The van der Waals surface area contributed by atoms with Crippen LogP contribution in [0.4, 0.5) is 0 Å². The molecule has 2 N–H and O–H groups in total. The number of nitrogens with zero attached hydrogens (tertiary/aromatic N) is 1. The SMILES string of the molecule is Cc1ccccc1CNC(=O)CN1CCC(CO)CC1. The normalized spacial score (nSPS) is 17.1. The number of carbonyl (C=O) groups excluding carboxylic acids is 1. The highest BCUT2D eigenvalue weighted by Gasteiger charge is 2.19. The van der Waals surface area contributed by atoms with Crippen molar-refractivity contribution in [2.24, 2.45) is 5.92 Å². The average Bonchev–Trinajstić information content (AvgIpc) is 2.47. The first-order valence-corrected chi connectivity index (χ1v) is 7.33. The van der Waals surface area contributed by atoms with Crippen molar-refractivity contribution in [1.82, 2.24) is 10.2 Å². The number of hydrogen-bond acceptors (Lipinski definition) is 3. The molecule has 1 aromatic rings. The number of aryl methyl sites for hydroxylation is 1. The fourth-order valence-electron chi connectivity index (χ4n) is 2.59. The number of aliphatic hydroxyl groups excluding tert-OH is 1. The predicted octanol–water partition coefficient (Wildman–Crippen LogP) is 1.32. The Balaban J connectivity index is 1.72. The Hall–Kier alpha value is -1.39. The molecular weight excluding hydrogens is 252 g/mol. The Labute approximate surface area is 120 Å². The van der Waals surface area contributed by atoms with E-state index in [-0.39, 0.29) is 12.5 Å². The zero-order valence-electron chi connectivity index (χ0n) is 12.1. The summed E-state index contributed by atoms with van der Waals surface area (Å²) in [7, 11) is 0. The largest absolute Gasteiger partial charge is 0.396 e. The molecule has 1 aromatic carbocycles. The highest BCUT2D eigenvalue weighted by atomic mass is 16.3. The van der Waals surface area contributed by atoms with E-state index in [9.17, 15) is 4.79 Å². The summed E-state index contributed by atoms with van der Waals surface area (Å²) in [5, 5.41) is 12.1. The maximum atomic E-state index is 11.9. The molecular formula is C16H24N2O2. The fraction of sp³-hybridized carbons (Fsp3) is 0.562. The zero-order valence-corrected chi connectivity index (χ0v) is 12.1. The van der Waals surface area contributed by atoms with Crippen molar-refractivity contribution in [3.8, 4) is 0 Å². The van der Waals surface area contributed by atoms with Gasteiger partial charge in [0.15, 0.2) is 0 Å². The van der Waals surface area contributed by atoms with E-state index in [4.69, 9.17) is 5.11 Å². The first kappa shape index (κ1) is 15.0. The van der Waals surface area contributed by atoms with Crippen LogP contribution in [0, 0.1) is 12.8 Å². The summed E-state index contributed by atoms with van der Waals surface area (Å²) >= 11 is 0. The van der Waals surface area contributed by atoms with Crippen LogP contribution in [-0.2, 0) is 11.3 Å². The molecule has 1 saturated heterocycles. The van der Waals surface area contributed by atoms with Crippen molar-refractivity contribution in [3.05, 3.63) is 35.4 Å². The fourth-order valence-corrected chi connectivity index (χ4v) is 2.59. The smallest absolute Gasteiger partial charge is 0.234 e. The lowest BCUT2D eigenvalue weighted by atomic mass is 9.98.